The number of rotatable bonds is 4. The molecular formula is C14H18F3N. The first-order valence-electron chi connectivity index (χ1n) is 6.29. The molecule has 100 valence electrons. The fraction of sp³-hybridized carbons (Fsp3) is 0.571. The number of hydrogen-bond donors (Lipinski definition) is 1. The van der Waals surface area contributed by atoms with Gasteiger partial charge in [-0.2, -0.15) is 13.2 Å². The molecule has 0 aromatic heterocycles. The van der Waals surface area contributed by atoms with E-state index in [0.29, 0.717) is 17.4 Å². The van der Waals surface area contributed by atoms with Gasteiger partial charge in [0.1, 0.15) is 0 Å². The van der Waals surface area contributed by atoms with Crippen molar-refractivity contribution in [1.82, 2.24) is 5.32 Å². The molecule has 0 aliphatic heterocycles. The maximum Gasteiger partial charge on any atom is 0.416 e. The summed E-state index contributed by atoms with van der Waals surface area (Å²) in [4.78, 5) is 0. The SMILES string of the molecule is CC(NCC1CC1C)c1ccccc1C(F)(F)F. The Morgan fingerprint density at radius 1 is 1.33 bits per heavy atom. The minimum atomic E-state index is -4.28. The molecular weight excluding hydrogens is 239 g/mol. The van der Waals surface area contributed by atoms with Crippen LogP contribution in [0, 0.1) is 11.8 Å². The van der Waals surface area contributed by atoms with Crippen LogP contribution in [-0.2, 0) is 6.18 Å². The predicted molar refractivity (Wildman–Crippen MR) is 65.1 cm³/mol. The summed E-state index contributed by atoms with van der Waals surface area (Å²) in [5.41, 5.74) is -0.202. The topological polar surface area (TPSA) is 12.0 Å². The molecule has 2 rings (SSSR count). The van der Waals surface area contributed by atoms with Gasteiger partial charge in [-0.15, -0.1) is 0 Å². The van der Waals surface area contributed by atoms with Crippen molar-refractivity contribution in [1.29, 1.82) is 0 Å². The summed E-state index contributed by atoms with van der Waals surface area (Å²) in [7, 11) is 0. The first-order chi connectivity index (χ1) is 8.39. The zero-order chi connectivity index (χ0) is 13.3. The van der Waals surface area contributed by atoms with Gasteiger partial charge in [0, 0.05) is 6.04 Å². The molecule has 1 fully saturated rings. The van der Waals surface area contributed by atoms with Gasteiger partial charge in [-0.25, -0.2) is 0 Å². The van der Waals surface area contributed by atoms with Crippen molar-refractivity contribution >= 4 is 0 Å². The summed E-state index contributed by atoms with van der Waals surface area (Å²) in [6.07, 6.45) is -3.10. The third-order valence-corrected chi connectivity index (χ3v) is 3.70. The number of halogens is 3. The van der Waals surface area contributed by atoms with E-state index in [4.69, 9.17) is 0 Å². The van der Waals surface area contributed by atoms with Crippen LogP contribution < -0.4 is 5.32 Å². The Balaban J connectivity index is 2.07. The molecule has 1 saturated carbocycles. The van der Waals surface area contributed by atoms with Gasteiger partial charge in [-0.05, 0) is 43.4 Å². The van der Waals surface area contributed by atoms with Crippen LogP contribution in [0.15, 0.2) is 24.3 Å². The molecule has 3 atom stereocenters. The van der Waals surface area contributed by atoms with E-state index in [0.717, 1.165) is 12.6 Å². The highest BCUT2D eigenvalue weighted by Gasteiger charge is 2.35. The maximum atomic E-state index is 12.9. The average Bonchev–Trinajstić information content (AvgIpc) is 3.01. The highest BCUT2D eigenvalue weighted by atomic mass is 19.4. The molecule has 0 saturated heterocycles. The molecule has 1 N–H and O–H groups in total. The highest BCUT2D eigenvalue weighted by Crippen LogP contribution is 2.38. The lowest BCUT2D eigenvalue weighted by molar-refractivity contribution is -0.138. The van der Waals surface area contributed by atoms with Crippen molar-refractivity contribution in [2.45, 2.75) is 32.5 Å². The van der Waals surface area contributed by atoms with Gasteiger partial charge < -0.3 is 5.32 Å². The van der Waals surface area contributed by atoms with Crippen molar-refractivity contribution in [3.8, 4) is 0 Å². The molecule has 1 aliphatic rings. The van der Waals surface area contributed by atoms with Crippen LogP contribution >= 0.6 is 0 Å². The summed E-state index contributed by atoms with van der Waals surface area (Å²) in [6.45, 7) is 4.76. The number of nitrogens with one attached hydrogen (secondary N) is 1. The normalized spacial score (nSPS) is 24.9. The highest BCUT2D eigenvalue weighted by molar-refractivity contribution is 5.32. The van der Waals surface area contributed by atoms with E-state index >= 15 is 0 Å². The van der Waals surface area contributed by atoms with Crippen molar-refractivity contribution in [2.24, 2.45) is 11.8 Å². The fourth-order valence-electron chi connectivity index (χ4n) is 2.25. The number of hydrogen-bond acceptors (Lipinski definition) is 1. The molecule has 1 aromatic carbocycles. The first-order valence-corrected chi connectivity index (χ1v) is 6.29. The number of benzene rings is 1. The van der Waals surface area contributed by atoms with Gasteiger partial charge in [-0.1, -0.05) is 25.1 Å². The first kappa shape index (κ1) is 13.4. The molecule has 1 nitrogen and oxygen atoms in total. The Labute approximate surface area is 105 Å². The molecule has 1 aromatic rings. The predicted octanol–water partition coefficient (Wildman–Crippen LogP) is 4.01. The quantitative estimate of drug-likeness (QED) is 0.859. The molecule has 3 unspecified atom stereocenters. The molecule has 0 spiro atoms. The van der Waals surface area contributed by atoms with Crippen LogP contribution in [0.1, 0.15) is 37.4 Å². The van der Waals surface area contributed by atoms with E-state index in [2.05, 4.69) is 12.2 Å². The second-order valence-corrected chi connectivity index (χ2v) is 5.19. The van der Waals surface area contributed by atoms with Crippen molar-refractivity contribution in [2.75, 3.05) is 6.54 Å². The summed E-state index contributed by atoms with van der Waals surface area (Å²) in [5, 5.41) is 3.20. The molecule has 4 heteroatoms. The van der Waals surface area contributed by atoms with E-state index in [1.54, 1.807) is 19.1 Å². The standard InChI is InChI=1S/C14H18F3N/c1-9-7-11(9)8-18-10(2)12-5-3-4-6-13(12)14(15,16)17/h3-6,9-11,18H,7-8H2,1-2H3. The van der Waals surface area contributed by atoms with Crippen molar-refractivity contribution < 1.29 is 13.2 Å². The van der Waals surface area contributed by atoms with Crippen molar-refractivity contribution in [3.63, 3.8) is 0 Å². The molecule has 0 bridgehead atoms. The Kier molecular flexibility index (Phi) is 3.66. The van der Waals surface area contributed by atoms with Gasteiger partial charge >= 0.3 is 6.18 Å². The van der Waals surface area contributed by atoms with Gasteiger partial charge in [0.25, 0.3) is 0 Å². The minimum Gasteiger partial charge on any atom is -0.310 e. The van der Waals surface area contributed by atoms with Crippen LogP contribution in [0.3, 0.4) is 0 Å². The Morgan fingerprint density at radius 3 is 2.50 bits per heavy atom. The number of alkyl halides is 3. The second kappa shape index (κ2) is 4.92. The van der Waals surface area contributed by atoms with E-state index < -0.39 is 11.7 Å². The van der Waals surface area contributed by atoms with Crippen LogP contribution in [0.4, 0.5) is 13.2 Å². The maximum absolute atomic E-state index is 12.9. The largest absolute Gasteiger partial charge is 0.416 e. The van der Waals surface area contributed by atoms with Crippen LogP contribution in [0.5, 0.6) is 0 Å². The van der Waals surface area contributed by atoms with E-state index in [-0.39, 0.29) is 6.04 Å². The fourth-order valence-corrected chi connectivity index (χ4v) is 2.25. The van der Waals surface area contributed by atoms with Gasteiger partial charge in [0.2, 0.25) is 0 Å². The van der Waals surface area contributed by atoms with Gasteiger partial charge in [-0.3, -0.25) is 0 Å². The van der Waals surface area contributed by atoms with Crippen LogP contribution in [0.25, 0.3) is 0 Å². The zero-order valence-electron chi connectivity index (χ0n) is 10.6. The van der Waals surface area contributed by atoms with Gasteiger partial charge in [0.05, 0.1) is 5.56 Å². The average molecular weight is 257 g/mol. The monoisotopic (exact) mass is 257 g/mol. The summed E-state index contributed by atoms with van der Waals surface area (Å²) >= 11 is 0. The summed E-state index contributed by atoms with van der Waals surface area (Å²) in [6, 6.07) is 5.52. The zero-order valence-corrected chi connectivity index (χ0v) is 10.6. The lowest BCUT2D eigenvalue weighted by atomic mass is 10.0. The Hall–Kier alpha value is -1.03. The third kappa shape index (κ3) is 3.05. The van der Waals surface area contributed by atoms with E-state index in [9.17, 15) is 13.2 Å². The van der Waals surface area contributed by atoms with Gasteiger partial charge in [0.15, 0.2) is 0 Å². The molecule has 0 heterocycles. The summed E-state index contributed by atoms with van der Waals surface area (Å²) in [5.74, 6) is 1.34. The van der Waals surface area contributed by atoms with Crippen LogP contribution in [-0.4, -0.2) is 6.54 Å². The lowest BCUT2D eigenvalue weighted by Gasteiger charge is -2.19. The van der Waals surface area contributed by atoms with E-state index in [1.807, 2.05) is 0 Å². The Morgan fingerprint density at radius 2 is 1.94 bits per heavy atom. The second-order valence-electron chi connectivity index (χ2n) is 5.19. The molecule has 1 aliphatic carbocycles. The molecule has 0 amide bonds. The minimum absolute atomic E-state index is 0.268. The van der Waals surface area contributed by atoms with Crippen LogP contribution in [0.2, 0.25) is 0 Å². The summed E-state index contributed by atoms with van der Waals surface area (Å²) < 4.78 is 38.6. The third-order valence-electron chi connectivity index (χ3n) is 3.70. The lowest BCUT2D eigenvalue weighted by Crippen LogP contribution is -2.24. The molecule has 0 radical (unpaired) electrons. The van der Waals surface area contributed by atoms with Crippen molar-refractivity contribution in [3.05, 3.63) is 35.4 Å². The smallest absolute Gasteiger partial charge is 0.310 e. The molecule has 18 heavy (non-hydrogen) atoms. The Bertz CT molecular complexity index is 414. The van der Waals surface area contributed by atoms with E-state index in [1.165, 1.54) is 12.5 Å².